The van der Waals surface area contributed by atoms with Crippen LogP contribution in [0.5, 0.6) is 11.5 Å². The van der Waals surface area contributed by atoms with Crippen molar-refractivity contribution in [1.82, 2.24) is 9.97 Å². The van der Waals surface area contributed by atoms with E-state index in [1.807, 2.05) is 0 Å². The molecule has 0 bridgehead atoms. The molecule has 0 aliphatic heterocycles. The Bertz CT molecular complexity index is 1200. The van der Waals surface area contributed by atoms with Gasteiger partial charge in [0.2, 0.25) is 5.89 Å². The van der Waals surface area contributed by atoms with E-state index in [4.69, 9.17) is 9.15 Å². The number of hydrogen-bond donors (Lipinski definition) is 1. The Morgan fingerprint density at radius 2 is 1.93 bits per heavy atom. The molecule has 27 heavy (non-hydrogen) atoms. The molecule has 1 N–H and O–H groups in total. The van der Waals surface area contributed by atoms with Gasteiger partial charge in [-0.25, -0.2) is 4.79 Å². The van der Waals surface area contributed by atoms with Crippen LogP contribution in [0.25, 0.3) is 22.4 Å². The summed E-state index contributed by atoms with van der Waals surface area (Å²) >= 11 is 0. The zero-order chi connectivity index (χ0) is 18.8. The second-order valence-electron chi connectivity index (χ2n) is 5.63. The first-order chi connectivity index (χ1) is 13.1. The van der Waals surface area contributed by atoms with E-state index < -0.39 is 11.5 Å². The summed E-state index contributed by atoms with van der Waals surface area (Å²) in [5.41, 5.74) is 0.389. The number of carbonyl (C=O) groups is 1. The van der Waals surface area contributed by atoms with E-state index in [9.17, 15) is 14.7 Å². The summed E-state index contributed by atoms with van der Waals surface area (Å²) in [6.07, 6.45) is 2.92. The van der Waals surface area contributed by atoms with Crippen molar-refractivity contribution in [3.8, 4) is 23.0 Å². The smallest absolute Gasteiger partial charge is 0.345 e. The molecule has 2 aromatic heterocycles. The number of aromatic nitrogens is 2. The fraction of sp³-hybridized carbons (Fsp3) is 0. The molecule has 7 heteroatoms. The Morgan fingerprint density at radius 1 is 1.07 bits per heavy atom. The summed E-state index contributed by atoms with van der Waals surface area (Å²) < 4.78 is 10.8. The van der Waals surface area contributed by atoms with Gasteiger partial charge in [0.15, 0.2) is 0 Å². The number of phenols is 1. The van der Waals surface area contributed by atoms with Crippen LogP contribution in [0.1, 0.15) is 10.4 Å². The van der Waals surface area contributed by atoms with E-state index in [-0.39, 0.29) is 28.5 Å². The maximum atomic E-state index is 12.1. The fourth-order valence-corrected chi connectivity index (χ4v) is 2.53. The molecule has 132 valence electrons. The molecule has 0 saturated carbocycles. The quantitative estimate of drug-likeness (QED) is 0.442. The normalized spacial score (nSPS) is 10.7. The average molecular weight is 360 g/mol. The molecule has 0 spiro atoms. The number of para-hydroxylation sites is 1. The minimum atomic E-state index is -0.606. The van der Waals surface area contributed by atoms with Gasteiger partial charge in [0.1, 0.15) is 17.1 Å². The number of carbonyl (C=O) groups excluding carboxylic acids is 1. The van der Waals surface area contributed by atoms with Gasteiger partial charge < -0.3 is 14.3 Å². The Balaban J connectivity index is 1.66. The number of nitrogens with zero attached hydrogens (tertiary/aromatic N) is 2. The van der Waals surface area contributed by atoms with Gasteiger partial charge in [-0.15, -0.1) is 0 Å². The molecule has 0 aliphatic rings. The molecule has 0 amide bonds. The van der Waals surface area contributed by atoms with E-state index in [1.54, 1.807) is 42.6 Å². The van der Waals surface area contributed by atoms with E-state index in [0.717, 1.165) is 0 Å². The molecule has 0 atom stereocenters. The SMILES string of the molecule is O=C(Oc1ccc(-c2nc(=O)c3ccccc3o2)c(O)c1)c1cccnc1. The zero-order valence-electron chi connectivity index (χ0n) is 13.8. The number of rotatable bonds is 3. The Labute approximate surface area is 152 Å². The van der Waals surface area contributed by atoms with Crippen LogP contribution in [0.4, 0.5) is 0 Å². The predicted molar refractivity (Wildman–Crippen MR) is 96.6 cm³/mol. The number of ether oxygens (including phenoxy) is 1. The van der Waals surface area contributed by atoms with E-state index in [2.05, 4.69) is 9.97 Å². The Hall–Kier alpha value is -4.00. The highest BCUT2D eigenvalue weighted by atomic mass is 16.5. The van der Waals surface area contributed by atoms with Gasteiger partial charge in [0.25, 0.3) is 5.56 Å². The summed E-state index contributed by atoms with van der Waals surface area (Å²) in [4.78, 5) is 31.9. The van der Waals surface area contributed by atoms with Crippen LogP contribution in [-0.2, 0) is 0 Å². The van der Waals surface area contributed by atoms with E-state index in [1.165, 1.54) is 24.4 Å². The van der Waals surface area contributed by atoms with Crippen molar-refractivity contribution in [2.45, 2.75) is 0 Å². The van der Waals surface area contributed by atoms with Crippen LogP contribution in [0.15, 0.2) is 76.2 Å². The highest BCUT2D eigenvalue weighted by molar-refractivity contribution is 5.90. The van der Waals surface area contributed by atoms with Gasteiger partial charge in [-0.05, 0) is 36.4 Å². The number of aromatic hydroxyl groups is 1. The second kappa shape index (κ2) is 6.72. The summed E-state index contributed by atoms with van der Waals surface area (Å²) in [7, 11) is 0. The van der Waals surface area contributed by atoms with Gasteiger partial charge in [0, 0.05) is 18.5 Å². The first-order valence-corrected chi connectivity index (χ1v) is 7.97. The molecular formula is C20H12N2O5. The Kier molecular flexibility index (Phi) is 4.10. The first-order valence-electron chi connectivity index (χ1n) is 7.97. The molecule has 0 aliphatic carbocycles. The van der Waals surface area contributed by atoms with Crippen molar-refractivity contribution in [2.75, 3.05) is 0 Å². The largest absolute Gasteiger partial charge is 0.507 e. The van der Waals surface area contributed by atoms with Gasteiger partial charge >= 0.3 is 5.97 Å². The molecule has 4 aromatic rings. The van der Waals surface area contributed by atoms with Crippen LogP contribution < -0.4 is 10.3 Å². The summed E-state index contributed by atoms with van der Waals surface area (Å²) in [6.45, 7) is 0. The molecule has 2 heterocycles. The molecule has 4 rings (SSSR count). The van der Waals surface area contributed by atoms with Gasteiger partial charge in [-0.2, -0.15) is 4.98 Å². The third-order valence-electron chi connectivity index (χ3n) is 3.83. The minimum Gasteiger partial charge on any atom is -0.507 e. The van der Waals surface area contributed by atoms with Crippen LogP contribution in [0.3, 0.4) is 0 Å². The van der Waals surface area contributed by atoms with Gasteiger partial charge in [0.05, 0.1) is 16.5 Å². The first kappa shape index (κ1) is 16.5. The lowest BCUT2D eigenvalue weighted by atomic mass is 10.2. The zero-order valence-corrected chi connectivity index (χ0v) is 13.8. The van der Waals surface area contributed by atoms with Gasteiger partial charge in [-0.1, -0.05) is 12.1 Å². The summed E-state index contributed by atoms with van der Waals surface area (Å²) in [5, 5.41) is 10.6. The number of benzene rings is 2. The monoisotopic (exact) mass is 360 g/mol. The van der Waals surface area contributed by atoms with Crippen molar-refractivity contribution < 1.29 is 19.1 Å². The maximum absolute atomic E-state index is 12.1. The summed E-state index contributed by atoms with van der Waals surface area (Å²) in [6, 6.07) is 14.1. The molecule has 0 fully saturated rings. The predicted octanol–water partition coefficient (Wildman–Crippen LogP) is 3.17. The molecule has 7 nitrogen and oxygen atoms in total. The van der Waals surface area contributed by atoms with Crippen molar-refractivity contribution >= 4 is 16.9 Å². The molecule has 0 unspecified atom stereocenters. The standard InChI is InChI=1S/C20H12N2O5/c23-16-10-13(26-20(25)12-4-3-9-21-11-12)7-8-14(16)19-22-18(24)15-5-1-2-6-17(15)27-19/h1-11,23H. The van der Waals surface area contributed by atoms with Crippen LogP contribution >= 0.6 is 0 Å². The van der Waals surface area contributed by atoms with Crippen molar-refractivity contribution in [3.63, 3.8) is 0 Å². The van der Waals surface area contributed by atoms with Crippen LogP contribution in [-0.4, -0.2) is 21.0 Å². The summed E-state index contributed by atoms with van der Waals surface area (Å²) in [5.74, 6) is -0.738. The highest BCUT2D eigenvalue weighted by Gasteiger charge is 2.15. The number of phenolic OH excluding ortho intramolecular Hbond substituents is 1. The number of esters is 1. The highest BCUT2D eigenvalue weighted by Crippen LogP contribution is 2.32. The molecular weight excluding hydrogens is 348 g/mol. The molecule has 0 saturated heterocycles. The lowest BCUT2D eigenvalue weighted by Crippen LogP contribution is -2.09. The maximum Gasteiger partial charge on any atom is 0.345 e. The number of hydrogen-bond acceptors (Lipinski definition) is 7. The number of fused-ring (bicyclic) bond motifs is 1. The topological polar surface area (TPSA) is 103 Å². The van der Waals surface area contributed by atoms with E-state index in [0.29, 0.717) is 11.0 Å². The van der Waals surface area contributed by atoms with Crippen LogP contribution in [0, 0.1) is 0 Å². The number of pyridine rings is 1. The van der Waals surface area contributed by atoms with Gasteiger partial charge in [-0.3, -0.25) is 9.78 Å². The minimum absolute atomic E-state index is 0.0265. The fourth-order valence-electron chi connectivity index (χ4n) is 2.53. The van der Waals surface area contributed by atoms with Crippen molar-refractivity contribution in [3.05, 3.63) is 82.9 Å². The third kappa shape index (κ3) is 3.25. The third-order valence-corrected chi connectivity index (χ3v) is 3.83. The Morgan fingerprint density at radius 3 is 2.70 bits per heavy atom. The van der Waals surface area contributed by atoms with Crippen LogP contribution in [0.2, 0.25) is 0 Å². The van der Waals surface area contributed by atoms with E-state index >= 15 is 0 Å². The average Bonchev–Trinajstić information content (AvgIpc) is 2.69. The lowest BCUT2D eigenvalue weighted by Gasteiger charge is -2.07. The lowest BCUT2D eigenvalue weighted by molar-refractivity contribution is 0.0734. The second-order valence-corrected chi connectivity index (χ2v) is 5.63. The molecule has 2 aromatic carbocycles. The van der Waals surface area contributed by atoms with Crippen molar-refractivity contribution in [2.24, 2.45) is 0 Å². The molecule has 0 radical (unpaired) electrons. The van der Waals surface area contributed by atoms with Crippen molar-refractivity contribution in [1.29, 1.82) is 0 Å².